The van der Waals surface area contributed by atoms with Gasteiger partial charge in [0.25, 0.3) is 0 Å². The molecule has 0 aliphatic heterocycles. The molecular weight excluding hydrogens is 392 g/mol. The van der Waals surface area contributed by atoms with Gasteiger partial charge >= 0.3 is 0 Å². The third kappa shape index (κ3) is 5.49. The number of nitrogens with one attached hydrogen (secondary N) is 1. The topological polar surface area (TPSA) is 128 Å². The van der Waals surface area contributed by atoms with Gasteiger partial charge in [-0.25, -0.2) is 13.6 Å². The van der Waals surface area contributed by atoms with Crippen LogP contribution in [0.2, 0.25) is 0 Å². The Balaban J connectivity index is 1.56. The van der Waals surface area contributed by atoms with E-state index in [-0.39, 0.29) is 23.6 Å². The van der Waals surface area contributed by atoms with E-state index in [1.165, 1.54) is 29.8 Å². The molecule has 0 fully saturated rings. The Labute approximate surface area is 169 Å². The summed E-state index contributed by atoms with van der Waals surface area (Å²) in [5.74, 6) is 1.04. The summed E-state index contributed by atoms with van der Waals surface area (Å²) in [5, 5.41) is 11.7. The maximum absolute atomic E-state index is 12.1. The van der Waals surface area contributed by atoms with Crippen LogP contribution >= 0.6 is 0 Å². The molecule has 3 aromatic rings. The smallest absolute Gasteiger partial charge is 0.238 e. The predicted molar refractivity (Wildman–Crippen MR) is 109 cm³/mol. The number of carbonyl (C=O) groups excluding carboxylic acids is 1. The number of carbonyl (C=O) groups is 1. The van der Waals surface area contributed by atoms with E-state index in [9.17, 15) is 13.2 Å². The van der Waals surface area contributed by atoms with Gasteiger partial charge < -0.3 is 9.84 Å². The number of sulfonamides is 1. The van der Waals surface area contributed by atoms with Crippen molar-refractivity contribution in [1.82, 2.24) is 10.1 Å². The van der Waals surface area contributed by atoms with E-state index in [1.807, 2.05) is 24.3 Å². The fourth-order valence-corrected chi connectivity index (χ4v) is 3.18. The van der Waals surface area contributed by atoms with Crippen molar-refractivity contribution in [1.29, 1.82) is 0 Å². The van der Waals surface area contributed by atoms with Crippen molar-refractivity contribution in [2.75, 3.05) is 5.32 Å². The minimum atomic E-state index is -3.76. The molecule has 2 aromatic carbocycles. The molecule has 9 heteroatoms. The van der Waals surface area contributed by atoms with Gasteiger partial charge in [-0.2, -0.15) is 4.98 Å². The number of nitrogens with two attached hydrogens (primary N) is 1. The van der Waals surface area contributed by atoms with E-state index in [1.54, 1.807) is 0 Å². The first-order valence-electron chi connectivity index (χ1n) is 9.08. The first-order chi connectivity index (χ1) is 13.7. The van der Waals surface area contributed by atoms with Crippen LogP contribution in [0.3, 0.4) is 0 Å². The highest BCUT2D eigenvalue weighted by atomic mass is 32.2. The molecule has 1 heterocycles. The molecular formula is C20H22N4O4S. The number of amides is 1. The first-order valence-corrected chi connectivity index (χ1v) is 10.6. The van der Waals surface area contributed by atoms with Crippen molar-refractivity contribution in [2.24, 2.45) is 5.14 Å². The molecule has 0 saturated carbocycles. The third-order valence-corrected chi connectivity index (χ3v) is 5.27. The summed E-state index contributed by atoms with van der Waals surface area (Å²) in [6.45, 7) is 4.25. The number of rotatable bonds is 7. The maximum Gasteiger partial charge on any atom is 0.238 e. The van der Waals surface area contributed by atoms with Crippen molar-refractivity contribution in [3.63, 3.8) is 0 Å². The average molecular weight is 414 g/mol. The molecule has 0 atom stereocenters. The quantitative estimate of drug-likeness (QED) is 0.611. The number of aromatic nitrogens is 2. The van der Waals surface area contributed by atoms with Crippen LogP contribution in [0.1, 0.15) is 37.6 Å². The summed E-state index contributed by atoms with van der Waals surface area (Å²) in [5.41, 5.74) is 2.55. The number of anilines is 1. The summed E-state index contributed by atoms with van der Waals surface area (Å²) in [6.07, 6.45) is 0.434. The number of nitrogens with zero attached hydrogens (tertiary/aromatic N) is 2. The fourth-order valence-electron chi connectivity index (χ4n) is 2.66. The van der Waals surface area contributed by atoms with E-state index < -0.39 is 10.0 Å². The Morgan fingerprint density at radius 2 is 1.76 bits per heavy atom. The minimum absolute atomic E-state index is 0.0182. The van der Waals surface area contributed by atoms with E-state index >= 15 is 0 Å². The monoisotopic (exact) mass is 414 g/mol. The van der Waals surface area contributed by atoms with Crippen LogP contribution in [0.4, 0.5) is 5.69 Å². The zero-order valence-electron chi connectivity index (χ0n) is 16.1. The van der Waals surface area contributed by atoms with E-state index in [0.29, 0.717) is 23.3 Å². The number of primary sulfonamides is 1. The lowest BCUT2D eigenvalue weighted by atomic mass is 10.0. The zero-order chi connectivity index (χ0) is 21.0. The van der Waals surface area contributed by atoms with Crippen LogP contribution in [-0.4, -0.2) is 24.5 Å². The van der Waals surface area contributed by atoms with E-state index in [4.69, 9.17) is 9.66 Å². The van der Waals surface area contributed by atoms with Crippen molar-refractivity contribution in [3.8, 4) is 11.4 Å². The van der Waals surface area contributed by atoms with Gasteiger partial charge in [0.1, 0.15) is 0 Å². The summed E-state index contributed by atoms with van der Waals surface area (Å²) >= 11 is 0. The molecule has 1 amide bonds. The van der Waals surface area contributed by atoms with Crippen molar-refractivity contribution in [3.05, 3.63) is 60.0 Å². The molecule has 0 aliphatic rings. The summed E-state index contributed by atoms with van der Waals surface area (Å²) in [6, 6.07) is 13.6. The van der Waals surface area contributed by atoms with Gasteiger partial charge in [0.15, 0.2) is 0 Å². The van der Waals surface area contributed by atoms with Crippen LogP contribution in [0.15, 0.2) is 57.9 Å². The van der Waals surface area contributed by atoms with Crippen LogP contribution in [0.25, 0.3) is 11.4 Å². The van der Waals surface area contributed by atoms with Gasteiger partial charge in [-0.05, 0) is 35.7 Å². The molecule has 152 valence electrons. The van der Waals surface area contributed by atoms with Gasteiger partial charge in [-0.15, -0.1) is 0 Å². The van der Waals surface area contributed by atoms with Gasteiger partial charge in [-0.1, -0.05) is 43.3 Å². The van der Waals surface area contributed by atoms with Gasteiger partial charge in [0, 0.05) is 24.1 Å². The summed E-state index contributed by atoms with van der Waals surface area (Å²) < 4.78 is 27.7. The molecule has 0 saturated heterocycles. The average Bonchev–Trinajstić information content (AvgIpc) is 3.15. The van der Waals surface area contributed by atoms with Gasteiger partial charge in [0.2, 0.25) is 27.6 Å². The first kappa shape index (κ1) is 20.7. The van der Waals surface area contributed by atoms with Crippen LogP contribution < -0.4 is 10.5 Å². The molecule has 0 unspecified atom stereocenters. The Hall–Kier alpha value is -3.04. The normalized spacial score (nSPS) is 11.6. The van der Waals surface area contributed by atoms with Crippen LogP contribution in [0.5, 0.6) is 0 Å². The van der Waals surface area contributed by atoms with Gasteiger partial charge in [0.05, 0.1) is 4.90 Å². The number of hydrogen-bond donors (Lipinski definition) is 2. The standard InChI is InChI=1S/C20H22N4O4S/c1-13(2)14-3-5-15(6-4-14)20-23-19(28-24-20)12-11-18(25)22-16-7-9-17(10-8-16)29(21,26)27/h3-10,13H,11-12H2,1-2H3,(H,22,25)(H2,21,26,27). The number of hydrogen-bond acceptors (Lipinski definition) is 6. The third-order valence-electron chi connectivity index (χ3n) is 4.34. The molecule has 0 bridgehead atoms. The van der Waals surface area contributed by atoms with E-state index in [2.05, 4.69) is 29.3 Å². The van der Waals surface area contributed by atoms with Crippen LogP contribution in [0, 0.1) is 0 Å². The maximum atomic E-state index is 12.1. The lowest BCUT2D eigenvalue weighted by molar-refractivity contribution is -0.116. The molecule has 0 spiro atoms. The summed E-state index contributed by atoms with van der Waals surface area (Å²) in [4.78, 5) is 16.4. The molecule has 1 aromatic heterocycles. The Kier molecular flexibility index (Phi) is 6.09. The predicted octanol–water partition coefficient (Wildman–Crippen LogP) is 3.08. The fraction of sp³-hybridized carbons (Fsp3) is 0.250. The Bertz CT molecular complexity index is 1090. The number of aryl methyl sites for hydroxylation is 1. The molecule has 8 nitrogen and oxygen atoms in total. The second-order valence-electron chi connectivity index (χ2n) is 6.91. The van der Waals surface area contributed by atoms with Crippen LogP contribution in [-0.2, 0) is 21.2 Å². The highest BCUT2D eigenvalue weighted by molar-refractivity contribution is 7.89. The molecule has 0 radical (unpaired) electrons. The lowest BCUT2D eigenvalue weighted by Gasteiger charge is -2.05. The molecule has 29 heavy (non-hydrogen) atoms. The van der Waals surface area contributed by atoms with Gasteiger partial charge in [-0.3, -0.25) is 4.79 Å². The van der Waals surface area contributed by atoms with Crippen molar-refractivity contribution < 1.29 is 17.7 Å². The second kappa shape index (κ2) is 8.54. The Morgan fingerprint density at radius 1 is 1.10 bits per heavy atom. The molecule has 3 N–H and O–H groups in total. The zero-order valence-corrected chi connectivity index (χ0v) is 16.9. The largest absolute Gasteiger partial charge is 0.339 e. The Morgan fingerprint density at radius 3 is 2.34 bits per heavy atom. The molecule has 0 aliphatic carbocycles. The highest BCUT2D eigenvalue weighted by Gasteiger charge is 2.12. The second-order valence-corrected chi connectivity index (χ2v) is 8.47. The van der Waals surface area contributed by atoms with Crippen molar-refractivity contribution in [2.45, 2.75) is 37.5 Å². The highest BCUT2D eigenvalue weighted by Crippen LogP contribution is 2.21. The summed E-state index contributed by atoms with van der Waals surface area (Å²) in [7, 11) is -3.76. The van der Waals surface area contributed by atoms with Crippen molar-refractivity contribution >= 4 is 21.6 Å². The molecule has 3 rings (SSSR count). The van der Waals surface area contributed by atoms with E-state index in [0.717, 1.165) is 5.56 Å². The lowest BCUT2D eigenvalue weighted by Crippen LogP contribution is -2.14. The SMILES string of the molecule is CC(C)c1ccc(-c2noc(CCC(=O)Nc3ccc(S(N)(=O)=O)cc3)n2)cc1. The minimum Gasteiger partial charge on any atom is -0.339 e. The number of benzene rings is 2.